The fourth-order valence-corrected chi connectivity index (χ4v) is 9.24. The van der Waals surface area contributed by atoms with Crippen LogP contribution in [0.15, 0.2) is 86.0 Å². The number of ether oxygens (including phenoxy) is 2. The van der Waals surface area contributed by atoms with E-state index >= 15 is 0 Å². The first-order chi connectivity index (χ1) is 27.3. The van der Waals surface area contributed by atoms with Crippen molar-refractivity contribution in [2.24, 2.45) is 0 Å². The van der Waals surface area contributed by atoms with Gasteiger partial charge in [0.15, 0.2) is 40.2 Å². The Kier molecular flexibility index (Phi) is 10.6. The van der Waals surface area contributed by atoms with Crippen LogP contribution >= 0.6 is 27.3 Å². The van der Waals surface area contributed by atoms with Gasteiger partial charge in [0.1, 0.15) is 43.3 Å². The Hall–Kier alpha value is -4.33. The number of nitrogens with one attached hydrogen (secondary N) is 2. The first-order valence-electron chi connectivity index (χ1n) is 17.7. The predicted molar refractivity (Wildman–Crippen MR) is 204 cm³/mol. The van der Waals surface area contributed by atoms with Crippen molar-refractivity contribution in [1.82, 2.24) is 39.0 Å². The van der Waals surface area contributed by atoms with Crippen molar-refractivity contribution in [3.05, 3.63) is 97.1 Å². The van der Waals surface area contributed by atoms with Crippen LogP contribution in [-0.4, -0.2) is 87.9 Å². The lowest BCUT2D eigenvalue weighted by Crippen LogP contribution is -2.35. The largest absolute Gasteiger partial charge is 0.387 e. The van der Waals surface area contributed by atoms with E-state index in [9.17, 15) is 14.2 Å². The van der Waals surface area contributed by atoms with Gasteiger partial charge in [-0.05, 0) is 11.1 Å². The quantitative estimate of drug-likeness (QED) is 0.121. The van der Waals surface area contributed by atoms with Crippen molar-refractivity contribution in [1.29, 1.82) is 0 Å². The lowest BCUT2D eigenvalue weighted by molar-refractivity contribution is -0.0561. The van der Waals surface area contributed by atoms with Gasteiger partial charge in [-0.15, -0.1) is 0 Å². The smallest absolute Gasteiger partial charge is 0.386 e. The average molecular weight is 823 g/mol. The maximum atomic E-state index is 13.9. The van der Waals surface area contributed by atoms with Gasteiger partial charge in [0.2, 0.25) is 0 Å². The molecule has 0 spiro atoms. The molecule has 3 aliphatic heterocycles. The second-order valence-electron chi connectivity index (χ2n) is 13.2. The van der Waals surface area contributed by atoms with Crippen LogP contribution in [0.1, 0.15) is 30.0 Å². The molecule has 4 aromatic heterocycles. The Morgan fingerprint density at radius 2 is 1.39 bits per heavy atom. The number of fused-ring (bicyclic) bond motifs is 5. The van der Waals surface area contributed by atoms with E-state index in [4.69, 9.17) is 27.6 Å². The number of nitrogens with zero attached hydrogens (tertiary/aromatic N) is 8. The van der Waals surface area contributed by atoms with Crippen LogP contribution in [0.25, 0.3) is 22.3 Å². The molecular weight excluding hydrogens is 786 g/mol. The van der Waals surface area contributed by atoms with E-state index in [0.29, 0.717) is 47.1 Å². The summed E-state index contributed by atoms with van der Waals surface area (Å²) in [6.07, 6.45) is -1.32. The number of anilines is 2. The van der Waals surface area contributed by atoms with E-state index in [0.717, 1.165) is 11.1 Å². The highest BCUT2D eigenvalue weighted by molar-refractivity contribution is 8.44. The first kappa shape index (κ1) is 37.3. The number of aliphatic hydroxyl groups excluding tert-OH is 1. The van der Waals surface area contributed by atoms with Crippen LogP contribution in [0.5, 0.6) is 0 Å². The highest BCUT2D eigenvalue weighted by Crippen LogP contribution is 2.57. The molecule has 292 valence electrons. The van der Waals surface area contributed by atoms with Crippen LogP contribution in [0.3, 0.4) is 0 Å². The summed E-state index contributed by atoms with van der Waals surface area (Å²) in [6, 6.07) is 19.6. The molecule has 3 fully saturated rings. The van der Waals surface area contributed by atoms with E-state index in [1.165, 1.54) is 23.5 Å². The number of benzene rings is 2. The molecular formula is C34H36N10O9P2S. The van der Waals surface area contributed by atoms with Crippen LogP contribution < -0.4 is 10.6 Å². The monoisotopic (exact) mass is 822 g/mol. The molecule has 2 aromatic carbocycles. The van der Waals surface area contributed by atoms with E-state index in [2.05, 4.69) is 52.8 Å². The molecule has 2 bridgehead atoms. The lowest BCUT2D eigenvalue weighted by Gasteiger charge is -2.25. The van der Waals surface area contributed by atoms with Crippen LogP contribution in [0, 0.1) is 0 Å². The minimum absolute atomic E-state index is 0.193. The van der Waals surface area contributed by atoms with Gasteiger partial charge in [-0.1, -0.05) is 72.9 Å². The molecule has 1 unspecified atom stereocenters. The molecule has 19 nitrogen and oxygen atoms in total. The Balaban J connectivity index is 0.927. The van der Waals surface area contributed by atoms with E-state index in [1.807, 2.05) is 60.7 Å². The molecule has 3 saturated heterocycles. The van der Waals surface area contributed by atoms with Crippen LogP contribution in [0.4, 0.5) is 11.6 Å². The van der Waals surface area contributed by atoms with Gasteiger partial charge in [-0.3, -0.25) is 22.7 Å². The van der Waals surface area contributed by atoms with E-state index in [1.54, 1.807) is 10.9 Å². The van der Waals surface area contributed by atoms with Crippen molar-refractivity contribution in [2.45, 2.75) is 62.5 Å². The number of rotatable bonds is 8. The van der Waals surface area contributed by atoms with Crippen molar-refractivity contribution in [3.8, 4) is 0 Å². The molecule has 3 N–H and O–H groups in total. The third kappa shape index (κ3) is 7.69. The summed E-state index contributed by atoms with van der Waals surface area (Å²) in [6.45, 7) is -3.90. The lowest BCUT2D eigenvalue weighted by atomic mass is 10.1. The zero-order chi connectivity index (χ0) is 38.2. The normalized spacial score (nSPS) is 29.7. The highest BCUT2D eigenvalue weighted by Gasteiger charge is 2.50. The zero-order valence-electron chi connectivity index (χ0n) is 29.3. The number of aliphatic hydroxyl groups is 1. The molecule has 0 amide bonds. The average Bonchev–Trinajstić information content (AvgIpc) is 4.00. The number of hydrogen-bond acceptors (Lipinski definition) is 17. The van der Waals surface area contributed by atoms with Crippen molar-refractivity contribution < 1.29 is 41.8 Å². The summed E-state index contributed by atoms with van der Waals surface area (Å²) < 4.78 is 66.1. The molecule has 56 heavy (non-hydrogen) atoms. The third-order valence-electron chi connectivity index (χ3n) is 9.67. The van der Waals surface area contributed by atoms with Crippen molar-refractivity contribution in [2.75, 3.05) is 23.8 Å². The second-order valence-corrected chi connectivity index (χ2v) is 17.1. The Morgan fingerprint density at radius 1 is 0.786 bits per heavy atom. The van der Waals surface area contributed by atoms with E-state index < -0.39 is 58.0 Å². The molecule has 22 heteroatoms. The summed E-state index contributed by atoms with van der Waals surface area (Å²) in [4.78, 5) is 26.6. The molecule has 0 radical (unpaired) electrons. The second kappa shape index (κ2) is 15.9. The van der Waals surface area contributed by atoms with Gasteiger partial charge in [0.05, 0.1) is 32.0 Å². The molecule has 9 atom stereocenters. The fourth-order valence-electron chi connectivity index (χ4n) is 6.92. The van der Waals surface area contributed by atoms with E-state index in [-0.39, 0.29) is 19.6 Å². The van der Waals surface area contributed by atoms with Crippen molar-refractivity contribution in [3.63, 3.8) is 0 Å². The SMILES string of the molecule is O=[PH]1OC[C@H]2O[C@@H](n3cnc4c(NCc5ccccc5)ncnc43)[C@H](O[P@@](=O)(S)OC[C@H]3O[C@@H](n4cnc5c(NCc6ccccc6)ncnc54)C[C@@H]3O1)[C@@H]2O. The topological polar surface area (TPSA) is 221 Å². The molecule has 7 heterocycles. The minimum atomic E-state index is -4.23. The molecule has 0 aliphatic carbocycles. The Bertz CT molecular complexity index is 2400. The fraction of sp³-hybridized carbons (Fsp3) is 0.353. The molecule has 3 aliphatic rings. The van der Waals surface area contributed by atoms with Gasteiger partial charge >= 0.3 is 15.1 Å². The van der Waals surface area contributed by atoms with Gasteiger partial charge in [0.25, 0.3) is 0 Å². The molecule has 9 rings (SSSR count). The minimum Gasteiger partial charge on any atom is -0.387 e. The summed E-state index contributed by atoms with van der Waals surface area (Å²) in [5.41, 5.74) is 3.90. The third-order valence-corrected chi connectivity index (χ3v) is 12.2. The Labute approximate surface area is 324 Å². The number of imidazole rings is 2. The maximum Gasteiger partial charge on any atom is 0.386 e. The van der Waals surface area contributed by atoms with Gasteiger partial charge in [-0.25, -0.2) is 34.5 Å². The molecule has 0 saturated carbocycles. The summed E-state index contributed by atoms with van der Waals surface area (Å²) >= 11 is 4.27. The summed E-state index contributed by atoms with van der Waals surface area (Å²) in [5, 5.41) is 18.0. The number of thiol groups is 1. The number of hydrogen-bond donors (Lipinski definition) is 4. The van der Waals surface area contributed by atoms with Gasteiger partial charge < -0.3 is 34.3 Å². The van der Waals surface area contributed by atoms with Gasteiger partial charge in [-0.2, -0.15) is 0 Å². The maximum absolute atomic E-state index is 13.9. The van der Waals surface area contributed by atoms with Gasteiger partial charge in [0, 0.05) is 19.5 Å². The zero-order valence-corrected chi connectivity index (χ0v) is 32.1. The number of aromatic nitrogens is 8. The predicted octanol–water partition coefficient (Wildman–Crippen LogP) is 4.68. The molecule has 6 aromatic rings. The standard InChI is InChI=1S/C34H36N10O9P2S/c45-28-24-14-48-54(46)52-22-11-25(43-18-41-26-30(37-16-39-32(26)43)35-12-20-7-3-1-4-8-20)50-23(22)15-49-55(47,56)53-29(28)34(51-24)44-19-42-27-31(38-17-40-33(27)44)36-13-21-9-5-2-6-10-21/h1-10,16-19,22-25,28-29,34,45,54H,11-15H2,(H,47,56)(H,35,37,39)(H,36,38,40)/t22-,23+,24+,25+,28+,29+,34+,55-/m0/s1. The van der Waals surface area contributed by atoms with Crippen molar-refractivity contribution >= 4 is 61.3 Å². The highest BCUT2D eigenvalue weighted by atomic mass is 32.7. The Morgan fingerprint density at radius 3 is 2.04 bits per heavy atom. The van der Waals surface area contributed by atoms with Crippen LogP contribution in [0.2, 0.25) is 0 Å². The van der Waals surface area contributed by atoms with Crippen LogP contribution in [-0.2, 0) is 49.8 Å². The summed E-state index contributed by atoms with van der Waals surface area (Å²) in [5.74, 6) is 1.01. The summed E-state index contributed by atoms with van der Waals surface area (Å²) in [7, 11) is -3.19. The first-order valence-corrected chi connectivity index (χ1v) is 21.6.